The van der Waals surface area contributed by atoms with Gasteiger partial charge in [-0.2, -0.15) is 10.5 Å². The zero-order chi connectivity index (χ0) is 35.2. The Morgan fingerprint density at radius 2 is 0.830 bits per heavy atom. The van der Waals surface area contributed by atoms with E-state index in [1.807, 2.05) is 30.3 Å². The van der Waals surface area contributed by atoms with Gasteiger partial charge in [0, 0.05) is 38.0 Å². The van der Waals surface area contributed by atoms with Gasteiger partial charge in [0.1, 0.15) is 12.1 Å². The van der Waals surface area contributed by atoms with Gasteiger partial charge in [-0.15, -0.1) is 0 Å². The van der Waals surface area contributed by atoms with Gasteiger partial charge < -0.3 is 13.7 Å². The van der Waals surface area contributed by atoms with Crippen LogP contribution in [0.1, 0.15) is 11.1 Å². The Labute approximate surface area is 303 Å². The molecule has 3 heterocycles. The Bertz CT molecular complexity index is 3420. The van der Waals surface area contributed by atoms with Crippen molar-refractivity contribution in [3.63, 3.8) is 0 Å². The lowest BCUT2D eigenvalue weighted by molar-refractivity contribution is 1.12. The Hall–Kier alpha value is -7.60. The average molecular weight is 674 g/mol. The van der Waals surface area contributed by atoms with Crippen molar-refractivity contribution >= 4 is 76.2 Å². The molecular weight excluding hydrogens is 647 g/mol. The molecule has 0 aliphatic carbocycles. The maximum atomic E-state index is 10.9. The van der Waals surface area contributed by atoms with Crippen molar-refractivity contribution in [1.29, 1.82) is 10.5 Å². The largest absolute Gasteiger partial charge is 0.309 e. The maximum Gasteiger partial charge on any atom is 0.101 e. The van der Waals surface area contributed by atoms with Crippen molar-refractivity contribution in [2.24, 2.45) is 0 Å². The van der Waals surface area contributed by atoms with Gasteiger partial charge in [0.15, 0.2) is 0 Å². The van der Waals surface area contributed by atoms with Crippen LogP contribution in [0.2, 0.25) is 0 Å². The summed E-state index contributed by atoms with van der Waals surface area (Å²) in [5.41, 5.74) is 9.52. The average Bonchev–Trinajstić information content (AvgIpc) is 3.85. The van der Waals surface area contributed by atoms with E-state index in [-0.39, 0.29) is 0 Å². The Morgan fingerprint density at radius 3 is 1.47 bits per heavy atom. The number of fused-ring (bicyclic) bond motifs is 11. The van der Waals surface area contributed by atoms with Gasteiger partial charge in [0.25, 0.3) is 0 Å². The van der Waals surface area contributed by atoms with Crippen LogP contribution >= 0.6 is 0 Å². The van der Waals surface area contributed by atoms with E-state index in [0.29, 0.717) is 22.5 Å². The van der Waals surface area contributed by atoms with Crippen molar-refractivity contribution in [1.82, 2.24) is 13.7 Å². The number of nitriles is 2. The smallest absolute Gasteiger partial charge is 0.101 e. The lowest BCUT2D eigenvalue weighted by Gasteiger charge is -2.16. The van der Waals surface area contributed by atoms with Gasteiger partial charge in [0.2, 0.25) is 0 Å². The highest BCUT2D eigenvalue weighted by Crippen LogP contribution is 2.42. The second-order valence-corrected chi connectivity index (χ2v) is 13.6. The van der Waals surface area contributed by atoms with Crippen LogP contribution in [0.15, 0.2) is 164 Å². The molecule has 11 aromatic rings. The minimum atomic E-state index is 0.483. The highest BCUT2D eigenvalue weighted by Gasteiger charge is 2.23. The Morgan fingerprint density at radius 1 is 0.340 bits per heavy atom. The molecule has 244 valence electrons. The van der Waals surface area contributed by atoms with Crippen LogP contribution in [0.25, 0.3) is 93.3 Å². The lowest BCUT2D eigenvalue weighted by Crippen LogP contribution is -2.04. The predicted octanol–water partition coefficient (Wildman–Crippen LogP) is 11.9. The van der Waals surface area contributed by atoms with Gasteiger partial charge in [0.05, 0.1) is 55.6 Å². The second kappa shape index (κ2) is 10.9. The molecule has 0 fully saturated rings. The minimum Gasteiger partial charge on any atom is -0.309 e. The van der Waals surface area contributed by atoms with Crippen LogP contribution < -0.4 is 0 Å². The fraction of sp³-hybridized carbons (Fsp3) is 0. The molecule has 0 radical (unpaired) electrons. The quantitative estimate of drug-likeness (QED) is 0.187. The first-order chi connectivity index (χ1) is 26.2. The number of hydrogen-bond donors (Lipinski definition) is 0. The summed E-state index contributed by atoms with van der Waals surface area (Å²) in [6.07, 6.45) is 0. The summed E-state index contributed by atoms with van der Waals surface area (Å²) in [5.74, 6) is 0. The van der Waals surface area contributed by atoms with E-state index in [0.717, 1.165) is 76.5 Å². The first kappa shape index (κ1) is 29.2. The molecule has 0 unspecified atom stereocenters. The van der Waals surface area contributed by atoms with E-state index in [1.165, 1.54) is 5.39 Å². The van der Waals surface area contributed by atoms with E-state index in [1.54, 1.807) is 0 Å². The molecule has 0 aliphatic rings. The summed E-state index contributed by atoms with van der Waals surface area (Å²) in [6, 6.07) is 61.7. The van der Waals surface area contributed by atoms with Gasteiger partial charge in [-0.3, -0.25) is 0 Å². The van der Waals surface area contributed by atoms with Gasteiger partial charge in [-0.05, 0) is 71.4 Å². The number of aromatic nitrogens is 3. The number of benzene rings is 8. The lowest BCUT2D eigenvalue weighted by atomic mass is 10.0. The highest BCUT2D eigenvalue weighted by atomic mass is 15.0. The number of rotatable bonds is 3. The van der Waals surface area contributed by atoms with Crippen molar-refractivity contribution in [3.05, 3.63) is 175 Å². The van der Waals surface area contributed by atoms with Crippen molar-refractivity contribution in [2.45, 2.75) is 0 Å². The molecule has 0 amide bonds. The topological polar surface area (TPSA) is 62.4 Å². The van der Waals surface area contributed by atoms with Crippen LogP contribution in [0.4, 0.5) is 0 Å². The molecule has 8 aromatic carbocycles. The zero-order valence-corrected chi connectivity index (χ0v) is 28.3. The fourth-order valence-electron chi connectivity index (χ4n) is 8.67. The van der Waals surface area contributed by atoms with Gasteiger partial charge in [-0.25, -0.2) is 0 Å². The van der Waals surface area contributed by atoms with E-state index < -0.39 is 0 Å². The number of nitrogens with zero attached hydrogens (tertiary/aromatic N) is 5. The van der Waals surface area contributed by atoms with Gasteiger partial charge >= 0.3 is 0 Å². The molecular formula is C48H27N5. The van der Waals surface area contributed by atoms with Crippen LogP contribution in [-0.4, -0.2) is 13.7 Å². The summed E-state index contributed by atoms with van der Waals surface area (Å²) in [5, 5.41) is 30.8. The van der Waals surface area contributed by atoms with Crippen molar-refractivity contribution in [3.8, 4) is 29.2 Å². The SMILES string of the molecule is N#Cc1cc(-n2c3ccccc3c3c4ccccc4ccc32)c(C#N)cc1-n1c2ccccc2c2cc3c4ccccc4n(-c4ccccc4)c3cc21. The van der Waals surface area contributed by atoms with E-state index >= 15 is 0 Å². The van der Waals surface area contributed by atoms with E-state index in [4.69, 9.17) is 0 Å². The first-order valence-electron chi connectivity index (χ1n) is 17.6. The molecule has 0 spiro atoms. The van der Waals surface area contributed by atoms with Crippen LogP contribution in [0, 0.1) is 22.7 Å². The van der Waals surface area contributed by atoms with Crippen molar-refractivity contribution < 1.29 is 0 Å². The molecule has 5 heteroatoms. The third-order valence-electron chi connectivity index (χ3n) is 10.9. The molecule has 53 heavy (non-hydrogen) atoms. The molecule has 0 N–H and O–H groups in total. The highest BCUT2D eigenvalue weighted by molar-refractivity contribution is 6.22. The predicted molar refractivity (Wildman–Crippen MR) is 216 cm³/mol. The molecule has 11 rings (SSSR count). The van der Waals surface area contributed by atoms with Crippen LogP contribution in [-0.2, 0) is 0 Å². The molecule has 0 atom stereocenters. The van der Waals surface area contributed by atoms with E-state index in [2.05, 4.69) is 159 Å². The third kappa shape index (κ3) is 3.99. The third-order valence-corrected chi connectivity index (χ3v) is 10.9. The van der Waals surface area contributed by atoms with Crippen LogP contribution in [0.3, 0.4) is 0 Å². The molecule has 0 aliphatic heterocycles. The normalized spacial score (nSPS) is 11.7. The second-order valence-electron chi connectivity index (χ2n) is 13.6. The maximum absolute atomic E-state index is 10.9. The molecule has 0 bridgehead atoms. The summed E-state index contributed by atoms with van der Waals surface area (Å²) in [4.78, 5) is 0. The first-order valence-corrected chi connectivity index (χ1v) is 17.6. The fourth-order valence-corrected chi connectivity index (χ4v) is 8.67. The number of hydrogen-bond acceptors (Lipinski definition) is 2. The van der Waals surface area contributed by atoms with Crippen molar-refractivity contribution in [2.75, 3.05) is 0 Å². The Kier molecular flexibility index (Phi) is 6.02. The molecule has 0 saturated carbocycles. The monoisotopic (exact) mass is 673 g/mol. The van der Waals surface area contributed by atoms with Gasteiger partial charge in [-0.1, -0.05) is 103 Å². The minimum absolute atomic E-state index is 0.483. The number of para-hydroxylation sites is 4. The summed E-state index contributed by atoms with van der Waals surface area (Å²) in [7, 11) is 0. The molecule has 3 aromatic heterocycles. The Balaban J connectivity index is 1.24. The van der Waals surface area contributed by atoms with Crippen LogP contribution in [0.5, 0.6) is 0 Å². The summed E-state index contributed by atoms with van der Waals surface area (Å²) >= 11 is 0. The summed E-state index contributed by atoms with van der Waals surface area (Å²) < 4.78 is 6.63. The standard InChI is InChI=1S/C48H27N5/c49-28-31-25-45(32(29-50)24-44(31)52-42-21-11-8-18-37(42)48-34-15-5-4-12-30(34)22-23-43(48)52)53-41-20-10-7-17-36(41)39-26-38-35-16-6-9-19-40(35)51(46(38)27-47(39)53)33-13-2-1-3-14-33/h1-27H. The molecule has 0 saturated heterocycles. The molecule has 5 nitrogen and oxygen atoms in total. The summed E-state index contributed by atoms with van der Waals surface area (Å²) in [6.45, 7) is 0. The van der Waals surface area contributed by atoms with E-state index in [9.17, 15) is 10.5 Å². The zero-order valence-electron chi connectivity index (χ0n) is 28.3.